The molecule has 1 fully saturated rings. The van der Waals surface area contributed by atoms with Gasteiger partial charge in [0, 0.05) is 18.4 Å². The largest absolute Gasteiger partial charge is 0.493 e. The number of hydrogen-bond donors (Lipinski definition) is 1. The van der Waals surface area contributed by atoms with Gasteiger partial charge in [0.05, 0.1) is 20.2 Å². The van der Waals surface area contributed by atoms with Crippen molar-refractivity contribution in [1.82, 2.24) is 0 Å². The van der Waals surface area contributed by atoms with Gasteiger partial charge >= 0.3 is 0 Å². The number of methoxy groups -OCH3 is 1. The van der Waals surface area contributed by atoms with Crippen LogP contribution >= 0.6 is 0 Å². The van der Waals surface area contributed by atoms with E-state index in [4.69, 9.17) is 9.47 Å². The highest BCUT2D eigenvalue weighted by Crippen LogP contribution is 2.27. The first-order valence-corrected chi connectivity index (χ1v) is 6.43. The zero-order valence-electron chi connectivity index (χ0n) is 10.8. The van der Waals surface area contributed by atoms with E-state index in [0.717, 1.165) is 12.8 Å². The molecule has 1 heterocycles. The van der Waals surface area contributed by atoms with Gasteiger partial charge in [0.1, 0.15) is 19.4 Å². The third kappa shape index (κ3) is 3.23. The number of nitrogens with one attached hydrogen (secondary N) is 1. The molecule has 0 aromatic heterocycles. The van der Waals surface area contributed by atoms with Gasteiger partial charge in [-0.15, -0.1) is 0 Å². The minimum Gasteiger partial charge on any atom is -0.493 e. The van der Waals surface area contributed by atoms with Gasteiger partial charge in [-0.3, -0.25) is 4.79 Å². The van der Waals surface area contributed by atoms with Crippen molar-refractivity contribution < 1.29 is 19.2 Å². The van der Waals surface area contributed by atoms with Crippen LogP contribution in [0.15, 0.2) is 18.2 Å². The highest BCUT2D eigenvalue weighted by molar-refractivity contribution is 5.76. The normalized spacial score (nSPS) is 15.6. The second-order valence-electron chi connectivity index (χ2n) is 4.58. The van der Waals surface area contributed by atoms with E-state index in [2.05, 4.69) is 0 Å². The molecule has 18 heavy (non-hydrogen) atoms. The van der Waals surface area contributed by atoms with Crippen LogP contribution in [0, 0.1) is 0 Å². The lowest BCUT2D eigenvalue weighted by atomic mass is 10.2. The summed E-state index contributed by atoms with van der Waals surface area (Å²) in [5, 5.41) is 0. The average Bonchev–Trinajstić information content (AvgIpc) is 2.92. The molecule has 0 aliphatic carbocycles. The molecule has 98 valence electrons. The molecule has 1 aliphatic rings. The van der Waals surface area contributed by atoms with Gasteiger partial charge in [-0.25, -0.2) is 0 Å². The second-order valence-corrected chi connectivity index (χ2v) is 4.58. The van der Waals surface area contributed by atoms with Crippen molar-refractivity contribution in [2.24, 2.45) is 0 Å². The van der Waals surface area contributed by atoms with Crippen LogP contribution < -0.4 is 14.4 Å². The highest BCUT2D eigenvalue weighted by Gasteiger charge is 2.15. The van der Waals surface area contributed by atoms with E-state index in [1.807, 2.05) is 0 Å². The molecule has 2 rings (SSSR count). The molecule has 4 heteroatoms. The van der Waals surface area contributed by atoms with Gasteiger partial charge in [0.15, 0.2) is 11.5 Å². The van der Waals surface area contributed by atoms with Crippen LogP contribution in [-0.4, -0.2) is 39.6 Å². The number of carbonyl (C=O) groups is 1. The van der Waals surface area contributed by atoms with E-state index in [-0.39, 0.29) is 0 Å². The highest BCUT2D eigenvalue weighted by atomic mass is 16.5. The van der Waals surface area contributed by atoms with Gasteiger partial charge in [0.2, 0.25) is 0 Å². The topological polar surface area (TPSA) is 40.0 Å². The summed E-state index contributed by atoms with van der Waals surface area (Å²) in [6.45, 7) is 4.22. The Labute approximate surface area is 107 Å². The maximum atomic E-state index is 10.7. The van der Waals surface area contributed by atoms with Gasteiger partial charge in [0.25, 0.3) is 0 Å². The number of hydrogen-bond acceptors (Lipinski definition) is 3. The van der Waals surface area contributed by atoms with E-state index in [1.165, 1.54) is 25.9 Å². The maximum absolute atomic E-state index is 10.7. The van der Waals surface area contributed by atoms with E-state index in [0.29, 0.717) is 23.7 Å². The van der Waals surface area contributed by atoms with Crippen LogP contribution in [0.4, 0.5) is 0 Å². The molecule has 0 saturated carbocycles. The third-order valence-electron chi connectivity index (χ3n) is 3.35. The van der Waals surface area contributed by atoms with Crippen LogP contribution in [0.1, 0.15) is 23.2 Å². The Balaban J connectivity index is 1.89. The van der Waals surface area contributed by atoms with Crippen molar-refractivity contribution in [2.75, 3.05) is 33.4 Å². The summed E-state index contributed by atoms with van der Waals surface area (Å²) in [5.74, 6) is 1.33. The fourth-order valence-corrected chi connectivity index (χ4v) is 2.31. The van der Waals surface area contributed by atoms with Crippen LogP contribution in [0.3, 0.4) is 0 Å². The number of rotatable bonds is 6. The molecule has 1 aliphatic heterocycles. The minimum absolute atomic E-state index is 0.601. The van der Waals surface area contributed by atoms with Gasteiger partial charge in [-0.05, 0) is 18.2 Å². The summed E-state index contributed by atoms with van der Waals surface area (Å²) in [5.41, 5.74) is 0.601. The summed E-state index contributed by atoms with van der Waals surface area (Å²) < 4.78 is 10.9. The minimum atomic E-state index is 0.601. The van der Waals surface area contributed by atoms with Crippen LogP contribution in [0.25, 0.3) is 0 Å². The van der Waals surface area contributed by atoms with Crippen molar-refractivity contribution in [3.8, 4) is 11.5 Å². The maximum Gasteiger partial charge on any atom is 0.161 e. The quantitative estimate of drug-likeness (QED) is 0.750. The van der Waals surface area contributed by atoms with Crippen molar-refractivity contribution in [1.29, 1.82) is 0 Å². The number of benzene rings is 1. The van der Waals surface area contributed by atoms with E-state index in [9.17, 15) is 4.79 Å². The summed E-state index contributed by atoms with van der Waals surface area (Å²) in [6, 6.07) is 5.24. The first-order valence-electron chi connectivity index (χ1n) is 6.43. The Morgan fingerprint density at radius 2 is 2.06 bits per heavy atom. The SMILES string of the molecule is COc1cc(C=O)ccc1OCC[NH+]1CCCC1. The Morgan fingerprint density at radius 3 is 2.72 bits per heavy atom. The van der Waals surface area contributed by atoms with Crippen LogP contribution in [-0.2, 0) is 0 Å². The van der Waals surface area contributed by atoms with E-state index in [1.54, 1.807) is 30.2 Å². The molecule has 1 N–H and O–H groups in total. The lowest BCUT2D eigenvalue weighted by Crippen LogP contribution is -3.10. The summed E-state index contributed by atoms with van der Waals surface area (Å²) in [7, 11) is 1.59. The first-order chi connectivity index (χ1) is 8.83. The molecule has 0 amide bonds. The molecule has 0 atom stereocenters. The van der Waals surface area contributed by atoms with Crippen molar-refractivity contribution in [2.45, 2.75) is 12.8 Å². The van der Waals surface area contributed by atoms with E-state index >= 15 is 0 Å². The third-order valence-corrected chi connectivity index (χ3v) is 3.35. The molecule has 1 saturated heterocycles. The Morgan fingerprint density at radius 1 is 1.28 bits per heavy atom. The van der Waals surface area contributed by atoms with Crippen LogP contribution in [0.2, 0.25) is 0 Å². The molecule has 0 radical (unpaired) electrons. The van der Waals surface area contributed by atoms with Crippen molar-refractivity contribution in [3.05, 3.63) is 23.8 Å². The van der Waals surface area contributed by atoms with Crippen molar-refractivity contribution in [3.63, 3.8) is 0 Å². The fourth-order valence-electron chi connectivity index (χ4n) is 2.31. The fraction of sp³-hybridized carbons (Fsp3) is 0.500. The molecule has 1 aromatic rings. The summed E-state index contributed by atoms with van der Waals surface area (Å²) in [6.07, 6.45) is 3.46. The lowest BCUT2D eigenvalue weighted by molar-refractivity contribution is -0.887. The summed E-state index contributed by atoms with van der Waals surface area (Å²) >= 11 is 0. The average molecular weight is 250 g/mol. The summed E-state index contributed by atoms with van der Waals surface area (Å²) in [4.78, 5) is 12.3. The standard InChI is InChI=1S/C14H19NO3/c1-17-14-10-12(11-16)4-5-13(14)18-9-8-15-6-2-3-7-15/h4-5,10-11H,2-3,6-9H2,1H3/p+1. The zero-order valence-corrected chi connectivity index (χ0v) is 10.8. The monoisotopic (exact) mass is 250 g/mol. The van der Waals surface area contributed by atoms with Crippen molar-refractivity contribution >= 4 is 6.29 Å². The zero-order chi connectivity index (χ0) is 12.8. The van der Waals surface area contributed by atoms with Gasteiger partial charge in [-0.1, -0.05) is 0 Å². The van der Waals surface area contributed by atoms with Crippen LogP contribution in [0.5, 0.6) is 11.5 Å². The number of ether oxygens (including phenoxy) is 2. The number of likely N-dealkylation sites (tertiary alicyclic amines) is 1. The smallest absolute Gasteiger partial charge is 0.161 e. The lowest BCUT2D eigenvalue weighted by Gasteiger charge is -2.14. The number of carbonyl (C=O) groups excluding carboxylic acids is 1. The van der Waals surface area contributed by atoms with E-state index < -0.39 is 0 Å². The Kier molecular flexibility index (Phi) is 4.59. The Bertz CT molecular complexity index is 400. The predicted octanol–water partition coefficient (Wildman–Crippen LogP) is 0.565. The first kappa shape index (κ1) is 12.9. The number of quaternary nitrogens is 1. The number of aldehydes is 1. The van der Waals surface area contributed by atoms with Gasteiger partial charge < -0.3 is 14.4 Å². The molecule has 4 nitrogen and oxygen atoms in total. The Hall–Kier alpha value is -1.55. The van der Waals surface area contributed by atoms with Gasteiger partial charge in [-0.2, -0.15) is 0 Å². The molecule has 0 bridgehead atoms. The molecular formula is C14H20NO3+. The predicted molar refractivity (Wildman–Crippen MR) is 68.7 cm³/mol. The molecule has 0 unspecified atom stereocenters. The molecule has 1 aromatic carbocycles. The molecule has 0 spiro atoms. The molecular weight excluding hydrogens is 230 g/mol. The second kappa shape index (κ2) is 6.40.